The van der Waals surface area contributed by atoms with Crippen LogP contribution in [0.3, 0.4) is 0 Å². The molecule has 2 aromatic heterocycles. The molecule has 1 aliphatic heterocycles. The summed E-state index contributed by atoms with van der Waals surface area (Å²) < 4.78 is 12.1. The van der Waals surface area contributed by atoms with E-state index in [2.05, 4.69) is 20.3 Å². The first-order chi connectivity index (χ1) is 15.8. The van der Waals surface area contributed by atoms with E-state index in [4.69, 9.17) is 9.47 Å². The fourth-order valence-electron chi connectivity index (χ4n) is 3.71. The highest BCUT2D eigenvalue weighted by Gasteiger charge is 2.37. The molecule has 3 aromatic rings. The molecule has 0 unspecified atom stereocenters. The third-order valence-electron chi connectivity index (χ3n) is 5.73. The molecule has 1 amide bonds. The van der Waals surface area contributed by atoms with Crippen molar-refractivity contribution in [1.29, 1.82) is 0 Å². The van der Waals surface area contributed by atoms with E-state index in [1.165, 1.54) is 0 Å². The van der Waals surface area contributed by atoms with Gasteiger partial charge >= 0.3 is 0 Å². The van der Waals surface area contributed by atoms with E-state index in [1.807, 2.05) is 58.0 Å². The van der Waals surface area contributed by atoms with Gasteiger partial charge in [-0.05, 0) is 63.1 Å². The average molecular weight is 448 g/mol. The van der Waals surface area contributed by atoms with Gasteiger partial charge in [-0.25, -0.2) is 9.97 Å². The van der Waals surface area contributed by atoms with Gasteiger partial charge in [-0.15, -0.1) is 0 Å². The summed E-state index contributed by atoms with van der Waals surface area (Å²) in [7, 11) is 0. The highest BCUT2D eigenvalue weighted by Crippen LogP contribution is 2.28. The molecular weight excluding hydrogens is 418 g/mol. The van der Waals surface area contributed by atoms with Gasteiger partial charge in [-0.2, -0.15) is 0 Å². The molecule has 3 heterocycles. The predicted octanol–water partition coefficient (Wildman–Crippen LogP) is 3.99. The van der Waals surface area contributed by atoms with Gasteiger partial charge in [0.2, 0.25) is 5.95 Å². The number of hydrogen-bond donors (Lipinski definition) is 1. The Bertz CT molecular complexity index is 1100. The molecule has 0 saturated carbocycles. The lowest BCUT2D eigenvalue weighted by molar-refractivity contribution is -0.153. The molecule has 0 spiro atoms. The van der Waals surface area contributed by atoms with Crippen molar-refractivity contribution in [2.75, 3.05) is 25.0 Å². The van der Waals surface area contributed by atoms with Crippen molar-refractivity contribution in [1.82, 2.24) is 19.9 Å². The number of carbonyl (C=O) groups is 1. The number of pyridine rings is 1. The van der Waals surface area contributed by atoms with Crippen LogP contribution in [0.2, 0.25) is 0 Å². The number of rotatable bonds is 6. The Morgan fingerprint density at radius 2 is 1.91 bits per heavy atom. The molecule has 4 rings (SSSR count). The summed E-state index contributed by atoms with van der Waals surface area (Å²) in [5, 5.41) is 3.11. The maximum absolute atomic E-state index is 13.4. The minimum atomic E-state index is -1.00. The van der Waals surface area contributed by atoms with Crippen molar-refractivity contribution in [3.63, 3.8) is 0 Å². The Balaban J connectivity index is 1.42. The minimum absolute atomic E-state index is 0.0729. The number of morpholine rings is 1. The van der Waals surface area contributed by atoms with E-state index in [0.717, 1.165) is 28.3 Å². The highest BCUT2D eigenvalue weighted by atomic mass is 16.5. The van der Waals surface area contributed by atoms with Crippen LogP contribution in [0.5, 0.6) is 5.75 Å². The summed E-state index contributed by atoms with van der Waals surface area (Å²) in [6.07, 6.45) is 4.75. The lowest BCUT2D eigenvalue weighted by atomic mass is 10.0. The number of benzene rings is 1. The van der Waals surface area contributed by atoms with Gasteiger partial charge in [0.05, 0.1) is 30.7 Å². The number of carbonyl (C=O) groups excluding carboxylic acids is 1. The number of amides is 1. The second kappa shape index (κ2) is 9.54. The van der Waals surface area contributed by atoms with E-state index >= 15 is 0 Å². The predicted molar refractivity (Wildman–Crippen MR) is 125 cm³/mol. The number of ether oxygens (including phenoxy) is 2. The molecule has 0 radical (unpaired) electrons. The van der Waals surface area contributed by atoms with Gasteiger partial charge in [-0.1, -0.05) is 12.1 Å². The van der Waals surface area contributed by atoms with Gasteiger partial charge in [0, 0.05) is 18.9 Å². The van der Waals surface area contributed by atoms with E-state index in [-0.39, 0.29) is 12.0 Å². The smallest absolute Gasteiger partial charge is 0.266 e. The molecule has 1 aromatic carbocycles. The Morgan fingerprint density at radius 1 is 1.12 bits per heavy atom. The third-order valence-corrected chi connectivity index (χ3v) is 5.73. The minimum Gasteiger partial charge on any atom is -0.478 e. The maximum atomic E-state index is 13.4. The molecule has 8 nitrogen and oxygen atoms in total. The van der Waals surface area contributed by atoms with E-state index in [1.54, 1.807) is 29.6 Å². The van der Waals surface area contributed by atoms with Crippen LogP contribution in [0.25, 0.3) is 0 Å². The molecular formula is C25H29N5O3. The highest BCUT2D eigenvalue weighted by molar-refractivity contribution is 5.85. The zero-order valence-corrected chi connectivity index (χ0v) is 19.4. The summed E-state index contributed by atoms with van der Waals surface area (Å²) in [6.45, 7) is 9.03. The number of aromatic nitrogens is 3. The van der Waals surface area contributed by atoms with Crippen LogP contribution >= 0.6 is 0 Å². The first kappa shape index (κ1) is 22.7. The molecule has 8 heteroatoms. The topological polar surface area (TPSA) is 89.5 Å². The molecule has 1 saturated heterocycles. The average Bonchev–Trinajstić information content (AvgIpc) is 2.83. The van der Waals surface area contributed by atoms with Crippen LogP contribution in [0.15, 0.2) is 55.0 Å². The van der Waals surface area contributed by atoms with Gasteiger partial charge in [-0.3, -0.25) is 9.78 Å². The molecule has 1 atom stereocenters. The fraction of sp³-hybridized carbons (Fsp3) is 0.360. The Morgan fingerprint density at radius 3 is 2.64 bits per heavy atom. The van der Waals surface area contributed by atoms with E-state index in [9.17, 15) is 4.79 Å². The Labute approximate surface area is 194 Å². The van der Waals surface area contributed by atoms with Crippen LogP contribution in [0.1, 0.15) is 36.8 Å². The molecule has 172 valence electrons. The summed E-state index contributed by atoms with van der Waals surface area (Å²) in [4.78, 5) is 28.0. The van der Waals surface area contributed by atoms with Crippen molar-refractivity contribution in [2.45, 2.75) is 39.4 Å². The van der Waals surface area contributed by atoms with E-state index in [0.29, 0.717) is 25.6 Å². The summed E-state index contributed by atoms with van der Waals surface area (Å²) in [6, 6.07) is 11.4. The van der Waals surface area contributed by atoms with Crippen LogP contribution in [-0.4, -0.2) is 51.1 Å². The number of nitrogens with zero attached hydrogens (tertiary/aromatic N) is 4. The zero-order chi connectivity index (χ0) is 23.4. The Hall–Kier alpha value is -3.52. The number of anilines is 2. The number of nitrogens with one attached hydrogen (secondary N) is 1. The Kier molecular flexibility index (Phi) is 6.55. The molecule has 0 bridgehead atoms. The van der Waals surface area contributed by atoms with Crippen molar-refractivity contribution in [3.8, 4) is 5.75 Å². The van der Waals surface area contributed by atoms with Gasteiger partial charge < -0.3 is 19.7 Å². The lowest BCUT2D eigenvalue weighted by Crippen LogP contribution is -2.53. The molecule has 1 N–H and O–H groups in total. The SMILES string of the molecule is Cc1cccc(OC(C)(C)C(=O)N2CCO[C@@H](c3ccc(Nc4ncccn4)cn3)C2)c1C. The summed E-state index contributed by atoms with van der Waals surface area (Å²) in [5.74, 6) is 1.16. The lowest BCUT2D eigenvalue weighted by Gasteiger charge is -2.37. The normalized spacial score (nSPS) is 16.4. The fourth-order valence-corrected chi connectivity index (χ4v) is 3.71. The maximum Gasteiger partial charge on any atom is 0.266 e. The number of hydrogen-bond acceptors (Lipinski definition) is 7. The molecule has 1 fully saturated rings. The number of aryl methyl sites for hydroxylation is 1. The summed E-state index contributed by atoms with van der Waals surface area (Å²) in [5.41, 5.74) is 2.70. The van der Waals surface area contributed by atoms with Crippen LogP contribution in [-0.2, 0) is 9.53 Å². The second-order valence-electron chi connectivity index (χ2n) is 8.59. The molecule has 0 aliphatic carbocycles. The van der Waals surface area contributed by atoms with Crippen molar-refractivity contribution in [2.24, 2.45) is 0 Å². The monoisotopic (exact) mass is 447 g/mol. The van der Waals surface area contributed by atoms with Gasteiger partial charge in [0.25, 0.3) is 5.91 Å². The first-order valence-electron chi connectivity index (χ1n) is 11.0. The zero-order valence-electron chi connectivity index (χ0n) is 19.4. The van der Waals surface area contributed by atoms with Crippen molar-refractivity contribution >= 4 is 17.5 Å². The van der Waals surface area contributed by atoms with Crippen molar-refractivity contribution < 1.29 is 14.3 Å². The first-order valence-corrected chi connectivity index (χ1v) is 11.0. The van der Waals surface area contributed by atoms with Gasteiger partial charge in [0.15, 0.2) is 5.60 Å². The molecule has 33 heavy (non-hydrogen) atoms. The summed E-state index contributed by atoms with van der Waals surface area (Å²) >= 11 is 0. The largest absolute Gasteiger partial charge is 0.478 e. The van der Waals surface area contributed by atoms with Crippen LogP contribution in [0, 0.1) is 13.8 Å². The molecule has 1 aliphatic rings. The van der Waals surface area contributed by atoms with Gasteiger partial charge in [0.1, 0.15) is 11.9 Å². The second-order valence-corrected chi connectivity index (χ2v) is 8.59. The van der Waals surface area contributed by atoms with Crippen LogP contribution in [0.4, 0.5) is 11.6 Å². The standard InChI is InChI=1S/C25H29N5O3/c1-17-7-5-8-21(18(17)2)33-25(3,4)23(31)30-13-14-32-22(16-30)20-10-9-19(15-28-20)29-24-26-11-6-12-27-24/h5-12,15,22H,13-14,16H2,1-4H3,(H,26,27,29)/t22-/m1/s1. The quantitative estimate of drug-likeness (QED) is 0.611. The third kappa shape index (κ3) is 5.28. The van der Waals surface area contributed by atoms with Crippen molar-refractivity contribution in [3.05, 3.63) is 71.8 Å². The van der Waals surface area contributed by atoms with E-state index < -0.39 is 5.60 Å². The van der Waals surface area contributed by atoms with Crippen LogP contribution < -0.4 is 10.1 Å².